The maximum atomic E-state index is 13.3. The summed E-state index contributed by atoms with van der Waals surface area (Å²) in [6.45, 7) is 3.29. The van der Waals surface area contributed by atoms with Gasteiger partial charge >= 0.3 is 6.18 Å². The van der Waals surface area contributed by atoms with Gasteiger partial charge in [0.1, 0.15) is 11.8 Å². The molecule has 0 aliphatic carbocycles. The molecule has 1 aliphatic heterocycles. The van der Waals surface area contributed by atoms with E-state index in [1.165, 1.54) is 11.0 Å². The van der Waals surface area contributed by atoms with Gasteiger partial charge in [-0.15, -0.1) is 24.8 Å². The second-order valence-corrected chi connectivity index (χ2v) is 4.74. The maximum Gasteiger partial charge on any atom is 0.408 e. The van der Waals surface area contributed by atoms with E-state index in [0.29, 0.717) is 31.7 Å². The van der Waals surface area contributed by atoms with E-state index in [1.54, 1.807) is 19.1 Å². The molecule has 3 nitrogen and oxygen atoms in total. The molecule has 1 aromatic carbocycles. The molecule has 2 rings (SSSR count). The van der Waals surface area contributed by atoms with E-state index in [-0.39, 0.29) is 36.1 Å². The van der Waals surface area contributed by atoms with Crippen molar-refractivity contribution in [3.05, 3.63) is 29.3 Å². The minimum atomic E-state index is -4.40. The van der Waals surface area contributed by atoms with Gasteiger partial charge in [-0.3, -0.25) is 4.90 Å². The summed E-state index contributed by atoms with van der Waals surface area (Å²) in [6, 6.07) is 2.76. The van der Waals surface area contributed by atoms with Crippen LogP contribution in [-0.2, 0) is 0 Å². The normalized spacial score (nSPS) is 17.5. The number of hydrogen-bond donors (Lipinski definition) is 2. The number of piperazine rings is 1. The van der Waals surface area contributed by atoms with Gasteiger partial charge in [-0.2, -0.15) is 13.2 Å². The van der Waals surface area contributed by atoms with Gasteiger partial charge in [-0.05, 0) is 12.5 Å². The van der Waals surface area contributed by atoms with E-state index < -0.39 is 12.2 Å². The summed E-state index contributed by atoms with van der Waals surface area (Å²) in [7, 11) is 0. The van der Waals surface area contributed by atoms with Gasteiger partial charge in [0.15, 0.2) is 0 Å². The van der Waals surface area contributed by atoms with Crippen LogP contribution in [0.5, 0.6) is 5.75 Å². The molecular weight excluding hydrogens is 328 g/mol. The molecule has 122 valence electrons. The standard InChI is InChI=1S/C13H17F3N2O.2ClH/c1-9-3-2-4-10(11(9)19)12(13(14,15)16)18-7-5-17-6-8-18;;/h2-4,12,17,19H,5-8H2,1H3;2*1H/t12-;;/m0../s1. The number of hydrogen-bond acceptors (Lipinski definition) is 3. The molecule has 1 atom stereocenters. The SMILES string of the molecule is Cc1cccc([C@H](N2CCNCC2)C(F)(F)F)c1O.Cl.Cl. The summed E-state index contributed by atoms with van der Waals surface area (Å²) < 4.78 is 40.0. The first-order valence-corrected chi connectivity index (χ1v) is 6.21. The minimum Gasteiger partial charge on any atom is -0.507 e. The zero-order valence-corrected chi connectivity index (χ0v) is 13.1. The Balaban J connectivity index is 0.00000200. The smallest absolute Gasteiger partial charge is 0.408 e. The predicted octanol–water partition coefficient (Wildman–Crippen LogP) is 3.05. The molecule has 21 heavy (non-hydrogen) atoms. The number of phenols is 1. The van der Waals surface area contributed by atoms with Crippen LogP contribution >= 0.6 is 24.8 Å². The summed E-state index contributed by atoms with van der Waals surface area (Å²) in [5.41, 5.74) is 0.399. The lowest BCUT2D eigenvalue weighted by molar-refractivity contribution is -0.188. The third-order valence-electron chi connectivity index (χ3n) is 3.39. The lowest BCUT2D eigenvalue weighted by atomic mass is 10.00. The van der Waals surface area contributed by atoms with Crippen molar-refractivity contribution >= 4 is 24.8 Å². The second kappa shape index (κ2) is 8.08. The zero-order valence-electron chi connectivity index (χ0n) is 11.5. The van der Waals surface area contributed by atoms with Crippen LogP contribution in [0.3, 0.4) is 0 Å². The van der Waals surface area contributed by atoms with E-state index in [9.17, 15) is 18.3 Å². The number of nitrogens with one attached hydrogen (secondary N) is 1. The van der Waals surface area contributed by atoms with E-state index >= 15 is 0 Å². The van der Waals surface area contributed by atoms with E-state index in [1.807, 2.05) is 0 Å². The Labute approximate surface area is 134 Å². The largest absolute Gasteiger partial charge is 0.507 e. The summed E-state index contributed by atoms with van der Waals surface area (Å²) >= 11 is 0. The molecule has 1 fully saturated rings. The average molecular weight is 347 g/mol. The number of phenolic OH excluding ortho intramolecular Hbond substituents is 1. The summed E-state index contributed by atoms with van der Waals surface area (Å²) in [5.74, 6) is -0.261. The van der Waals surface area contributed by atoms with Gasteiger partial charge in [0.25, 0.3) is 0 Å². The van der Waals surface area contributed by atoms with Crippen LogP contribution in [0.25, 0.3) is 0 Å². The minimum absolute atomic E-state index is 0. The highest BCUT2D eigenvalue weighted by molar-refractivity contribution is 5.85. The maximum absolute atomic E-state index is 13.3. The van der Waals surface area contributed by atoms with Crippen LogP contribution in [-0.4, -0.2) is 42.4 Å². The van der Waals surface area contributed by atoms with Crippen molar-refractivity contribution in [3.8, 4) is 5.75 Å². The first-order chi connectivity index (χ1) is 8.91. The number of alkyl halides is 3. The van der Waals surface area contributed by atoms with Crippen molar-refractivity contribution in [1.82, 2.24) is 10.2 Å². The Morgan fingerprint density at radius 2 is 1.76 bits per heavy atom. The van der Waals surface area contributed by atoms with Gasteiger partial charge in [-0.1, -0.05) is 18.2 Å². The number of rotatable bonds is 2. The van der Waals surface area contributed by atoms with Gasteiger partial charge in [-0.25, -0.2) is 0 Å². The highest BCUT2D eigenvalue weighted by atomic mass is 35.5. The topological polar surface area (TPSA) is 35.5 Å². The molecule has 2 N–H and O–H groups in total. The van der Waals surface area contributed by atoms with Crippen LogP contribution in [0.4, 0.5) is 13.2 Å². The van der Waals surface area contributed by atoms with Gasteiger partial charge in [0.2, 0.25) is 0 Å². The second-order valence-electron chi connectivity index (χ2n) is 4.74. The Morgan fingerprint density at radius 1 is 1.19 bits per heavy atom. The number of aromatic hydroxyl groups is 1. The molecule has 0 spiro atoms. The summed E-state index contributed by atoms with van der Waals surface area (Å²) in [5, 5.41) is 12.9. The quantitative estimate of drug-likeness (QED) is 0.863. The fourth-order valence-corrected chi connectivity index (χ4v) is 2.42. The Kier molecular flexibility index (Phi) is 7.81. The summed E-state index contributed by atoms with van der Waals surface area (Å²) in [6.07, 6.45) is -4.40. The molecule has 0 unspecified atom stereocenters. The van der Waals surface area contributed by atoms with Crippen molar-refractivity contribution in [3.63, 3.8) is 0 Å². The molecule has 1 aromatic rings. The number of aryl methyl sites for hydroxylation is 1. The fraction of sp³-hybridized carbons (Fsp3) is 0.538. The third kappa shape index (κ3) is 4.64. The van der Waals surface area contributed by atoms with Crippen molar-refractivity contribution in [2.75, 3.05) is 26.2 Å². The first kappa shape index (κ1) is 20.3. The first-order valence-electron chi connectivity index (χ1n) is 6.21. The van der Waals surface area contributed by atoms with Crippen molar-refractivity contribution in [2.45, 2.75) is 19.1 Å². The lowest BCUT2D eigenvalue weighted by Gasteiger charge is -2.36. The van der Waals surface area contributed by atoms with Crippen LogP contribution in [0.1, 0.15) is 17.2 Å². The lowest BCUT2D eigenvalue weighted by Crippen LogP contribution is -2.49. The molecule has 0 aromatic heterocycles. The summed E-state index contributed by atoms with van der Waals surface area (Å²) in [4.78, 5) is 1.37. The monoisotopic (exact) mass is 346 g/mol. The van der Waals surface area contributed by atoms with Crippen molar-refractivity contribution in [2.24, 2.45) is 0 Å². The van der Waals surface area contributed by atoms with Crippen molar-refractivity contribution in [1.29, 1.82) is 0 Å². The van der Waals surface area contributed by atoms with Crippen molar-refractivity contribution < 1.29 is 18.3 Å². The molecule has 0 amide bonds. The van der Waals surface area contributed by atoms with Gasteiger partial charge in [0, 0.05) is 31.7 Å². The number of benzene rings is 1. The fourth-order valence-electron chi connectivity index (χ4n) is 2.42. The number of para-hydroxylation sites is 1. The molecule has 8 heteroatoms. The van der Waals surface area contributed by atoms with Crippen LogP contribution in [0, 0.1) is 6.92 Å². The molecule has 1 aliphatic rings. The Hall–Kier alpha value is -0.690. The van der Waals surface area contributed by atoms with E-state index in [0.717, 1.165) is 0 Å². The van der Waals surface area contributed by atoms with E-state index in [4.69, 9.17) is 0 Å². The highest BCUT2D eigenvalue weighted by Gasteiger charge is 2.46. The van der Waals surface area contributed by atoms with Gasteiger partial charge < -0.3 is 10.4 Å². The Bertz CT molecular complexity index is 452. The number of nitrogens with zero attached hydrogens (tertiary/aromatic N) is 1. The molecule has 0 saturated carbocycles. The van der Waals surface area contributed by atoms with Gasteiger partial charge in [0.05, 0.1) is 0 Å². The molecule has 0 bridgehead atoms. The highest BCUT2D eigenvalue weighted by Crippen LogP contribution is 2.42. The predicted molar refractivity (Wildman–Crippen MR) is 80.6 cm³/mol. The van der Waals surface area contributed by atoms with Crippen LogP contribution < -0.4 is 5.32 Å². The molecule has 1 saturated heterocycles. The molecule has 1 heterocycles. The zero-order chi connectivity index (χ0) is 14.0. The van der Waals surface area contributed by atoms with Crippen LogP contribution in [0.2, 0.25) is 0 Å². The average Bonchev–Trinajstić information content (AvgIpc) is 2.35. The molecule has 0 radical (unpaired) electrons. The Morgan fingerprint density at radius 3 is 2.29 bits per heavy atom. The van der Waals surface area contributed by atoms with E-state index in [2.05, 4.69) is 5.32 Å². The van der Waals surface area contributed by atoms with Crippen LogP contribution in [0.15, 0.2) is 18.2 Å². The third-order valence-corrected chi connectivity index (χ3v) is 3.39. The number of halogens is 5. The molecular formula is C13H19Cl2F3N2O.